The topological polar surface area (TPSA) is 136 Å². The molecule has 154 valence electrons. The molecular weight excluding hydrogens is 418 g/mol. The Balaban J connectivity index is 1.65. The van der Waals surface area contributed by atoms with Crippen LogP contribution in [0.25, 0.3) is 0 Å². The van der Waals surface area contributed by atoms with E-state index in [-0.39, 0.29) is 34.4 Å². The number of nitrogen functional groups attached to an aromatic ring is 1. The Morgan fingerprint density at radius 1 is 1.52 bits per heavy atom. The zero-order chi connectivity index (χ0) is 21.1. The number of rotatable bonds is 7. The maximum absolute atomic E-state index is 12.6. The average molecular weight is 438 g/mol. The second-order valence-corrected chi connectivity index (χ2v) is 8.27. The summed E-state index contributed by atoms with van der Waals surface area (Å²) in [5.41, 5.74) is 6.89. The number of thiazole rings is 1. The van der Waals surface area contributed by atoms with Gasteiger partial charge in [0.2, 0.25) is 0 Å². The van der Waals surface area contributed by atoms with Crippen molar-refractivity contribution in [1.82, 2.24) is 15.2 Å². The number of anilines is 1. The lowest BCUT2D eigenvalue weighted by Gasteiger charge is -2.47. The third-order valence-corrected chi connectivity index (χ3v) is 5.94. The summed E-state index contributed by atoms with van der Waals surface area (Å²) in [5, 5.41) is 7.87. The summed E-state index contributed by atoms with van der Waals surface area (Å²) in [6.07, 6.45) is 1.47. The molecule has 2 atom stereocenters. The van der Waals surface area contributed by atoms with Crippen molar-refractivity contribution in [3.63, 3.8) is 0 Å². The van der Waals surface area contributed by atoms with E-state index in [2.05, 4.69) is 22.0 Å². The van der Waals surface area contributed by atoms with Gasteiger partial charge < -0.3 is 25.5 Å². The first kappa shape index (κ1) is 20.9. The van der Waals surface area contributed by atoms with Gasteiger partial charge in [-0.05, 0) is 12.5 Å². The second kappa shape index (κ2) is 8.66. The third-order valence-electron chi connectivity index (χ3n) is 3.95. The number of ether oxygens (including phenoxy) is 1. The highest BCUT2D eigenvalue weighted by atomic mass is 32.2. The number of hydrogen-bond acceptors (Lipinski definition) is 10. The smallest absolute Gasteiger partial charge is 0.336 e. The summed E-state index contributed by atoms with van der Waals surface area (Å²) >= 11 is 2.51. The number of β-lactam (4-membered cyclic amide) rings is 1. The van der Waals surface area contributed by atoms with Gasteiger partial charge in [0.15, 0.2) is 10.8 Å². The standard InChI is InChI=1S/C17H19N5O5S2/c1-8(2)5-27-16(25)9-4-22-14(24)12(15(22)28-6-9)20-13(23)11(21-26-3)10-7-29-17(18)19-10/h4,7,12,15H,1,5-6H2,2-3H3,(H2,18,19)(H,20,23)/t12?,15-/m1/s1. The maximum atomic E-state index is 12.6. The lowest BCUT2D eigenvalue weighted by atomic mass is 10.1. The molecule has 1 fully saturated rings. The first-order valence-electron chi connectivity index (χ1n) is 8.41. The van der Waals surface area contributed by atoms with Gasteiger partial charge in [-0.3, -0.25) is 9.59 Å². The number of hydrogen-bond donors (Lipinski definition) is 2. The zero-order valence-electron chi connectivity index (χ0n) is 15.7. The maximum Gasteiger partial charge on any atom is 0.336 e. The lowest BCUT2D eigenvalue weighted by molar-refractivity contribution is -0.144. The van der Waals surface area contributed by atoms with Crippen molar-refractivity contribution >= 4 is 51.7 Å². The van der Waals surface area contributed by atoms with Crippen LogP contribution in [0, 0.1) is 0 Å². The predicted molar refractivity (Wildman–Crippen MR) is 109 cm³/mol. The number of nitrogens with zero attached hydrogens (tertiary/aromatic N) is 3. The van der Waals surface area contributed by atoms with Crippen LogP contribution in [-0.4, -0.2) is 64.3 Å². The van der Waals surface area contributed by atoms with Crippen LogP contribution in [0.15, 0.2) is 34.5 Å². The number of thioether (sulfide) groups is 1. The molecule has 0 aliphatic carbocycles. The minimum absolute atomic E-state index is 0.0767. The summed E-state index contributed by atoms with van der Waals surface area (Å²) in [4.78, 5) is 47.3. The van der Waals surface area contributed by atoms with E-state index in [0.29, 0.717) is 11.3 Å². The second-order valence-electron chi connectivity index (χ2n) is 6.28. The molecule has 10 nitrogen and oxygen atoms in total. The van der Waals surface area contributed by atoms with Crippen LogP contribution in [0.4, 0.5) is 5.13 Å². The van der Waals surface area contributed by atoms with Crippen molar-refractivity contribution < 1.29 is 24.0 Å². The van der Waals surface area contributed by atoms with Crippen LogP contribution in [0.5, 0.6) is 0 Å². The van der Waals surface area contributed by atoms with E-state index in [9.17, 15) is 14.4 Å². The first-order chi connectivity index (χ1) is 13.8. The molecule has 2 aliphatic heterocycles. The van der Waals surface area contributed by atoms with Crippen molar-refractivity contribution in [2.45, 2.75) is 18.3 Å². The highest BCUT2D eigenvalue weighted by molar-refractivity contribution is 8.00. The van der Waals surface area contributed by atoms with Crippen LogP contribution in [0.2, 0.25) is 0 Å². The molecule has 1 saturated heterocycles. The number of amides is 2. The molecule has 2 aliphatic rings. The van der Waals surface area contributed by atoms with Crippen molar-refractivity contribution in [3.05, 3.63) is 35.0 Å². The van der Waals surface area contributed by atoms with Gasteiger partial charge in [0.25, 0.3) is 11.8 Å². The van der Waals surface area contributed by atoms with E-state index >= 15 is 0 Å². The van der Waals surface area contributed by atoms with Crippen molar-refractivity contribution in [2.24, 2.45) is 5.16 Å². The van der Waals surface area contributed by atoms with Crippen LogP contribution < -0.4 is 11.1 Å². The fourth-order valence-corrected chi connectivity index (χ4v) is 4.40. The van der Waals surface area contributed by atoms with Crippen molar-refractivity contribution in [3.8, 4) is 0 Å². The number of oxime groups is 1. The van der Waals surface area contributed by atoms with Crippen LogP contribution in [-0.2, 0) is 24.0 Å². The number of carbonyl (C=O) groups is 3. The quantitative estimate of drug-likeness (QED) is 0.207. The van der Waals surface area contributed by atoms with Gasteiger partial charge in [0.1, 0.15) is 30.8 Å². The molecule has 3 heterocycles. The molecule has 0 radical (unpaired) electrons. The normalized spacial score (nSPS) is 20.9. The molecule has 0 saturated carbocycles. The minimum Gasteiger partial charge on any atom is -0.458 e. The van der Waals surface area contributed by atoms with E-state index in [1.165, 1.54) is 30.0 Å². The number of aromatic nitrogens is 1. The van der Waals surface area contributed by atoms with Crippen LogP contribution in [0.1, 0.15) is 12.6 Å². The highest BCUT2D eigenvalue weighted by Gasteiger charge is 2.50. The van der Waals surface area contributed by atoms with Gasteiger partial charge >= 0.3 is 5.97 Å². The van der Waals surface area contributed by atoms with Crippen LogP contribution >= 0.6 is 23.1 Å². The van der Waals surface area contributed by atoms with Crippen molar-refractivity contribution in [2.75, 3.05) is 25.2 Å². The van der Waals surface area contributed by atoms with Gasteiger partial charge in [-0.1, -0.05) is 11.7 Å². The van der Waals surface area contributed by atoms with E-state index in [0.717, 1.165) is 16.9 Å². The monoisotopic (exact) mass is 437 g/mol. The Labute approximate surface area is 174 Å². The number of carbonyl (C=O) groups excluding carboxylic acids is 3. The fourth-order valence-electron chi connectivity index (χ4n) is 2.61. The van der Waals surface area contributed by atoms with E-state index in [1.807, 2.05) is 0 Å². The summed E-state index contributed by atoms with van der Waals surface area (Å²) in [6.45, 7) is 5.55. The Bertz CT molecular complexity index is 925. The molecule has 1 unspecified atom stereocenters. The molecule has 3 rings (SSSR count). The number of esters is 1. The van der Waals surface area contributed by atoms with Crippen LogP contribution in [0.3, 0.4) is 0 Å². The zero-order valence-corrected chi connectivity index (χ0v) is 17.3. The molecule has 1 aromatic rings. The summed E-state index contributed by atoms with van der Waals surface area (Å²) < 4.78 is 5.11. The minimum atomic E-state index is -0.755. The van der Waals surface area contributed by atoms with Gasteiger partial charge in [0.05, 0.1) is 5.57 Å². The van der Waals surface area contributed by atoms with E-state index in [1.54, 1.807) is 12.3 Å². The molecule has 0 spiro atoms. The molecule has 2 amide bonds. The van der Waals surface area contributed by atoms with Crippen molar-refractivity contribution in [1.29, 1.82) is 0 Å². The number of nitrogens with one attached hydrogen (secondary N) is 1. The number of fused-ring (bicyclic) bond motifs is 1. The van der Waals surface area contributed by atoms with Gasteiger partial charge in [-0.2, -0.15) is 0 Å². The van der Waals surface area contributed by atoms with E-state index in [4.69, 9.17) is 15.3 Å². The molecule has 0 bridgehead atoms. The first-order valence-corrected chi connectivity index (χ1v) is 10.3. The average Bonchev–Trinajstić information content (AvgIpc) is 3.13. The predicted octanol–water partition coefficient (Wildman–Crippen LogP) is 0.479. The molecule has 29 heavy (non-hydrogen) atoms. The molecule has 12 heteroatoms. The summed E-state index contributed by atoms with van der Waals surface area (Å²) in [6, 6.07) is -0.755. The Morgan fingerprint density at radius 3 is 2.90 bits per heavy atom. The Hall–Kier alpha value is -2.86. The molecule has 0 aromatic carbocycles. The largest absolute Gasteiger partial charge is 0.458 e. The third kappa shape index (κ3) is 4.43. The Kier molecular flexibility index (Phi) is 6.23. The van der Waals surface area contributed by atoms with E-state index < -0.39 is 17.9 Å². The molecule has 1 aromatic heterocycles. The summed E-state index contributed by atoms with van der Waals surface area (Å²) in [7, 11) is 1.30. The fraction of sp³-hybridized carbons (Fsp3) is 0.353. The number of nitrogens with two attached hydrogens (primary N) is 1. The van der Waals surface area contributed by atoms with Gasteiger partial charge in [-0.15, -0.1) is 23.1 Å². The Morgan fingerprint density at radius 2 is 2.28 bits per heavy atom. The van der Waals surface area contributed by atoms with Gasteiger partial charge in [-0.25, -0.2) is 9.78 Å². The lowest BCUT2D eigenvalue weighted by Crippen LogP contribution is -2.69. The summed E-state index contributed by atoms with van der Waals surface area (Å²) in [5.74, 6) is -1.08. The SMILES string of the molecule is C=C(C)COC(=O)C1=CN2C(=O)C(NC(=O)C(=NOC)c3csc(N)n3)[C@H]2SC1. The highest BCUT2D eigenvalue weighted by Crippen LogP contribution is 2.36. The molecule has 3 N–H and O–H groups in total. The van der Waals surface area contributed by atoms with Gasteiger partial charge in [0, 0.05) is 17.3 Å². The molecular formula is C17H19N5O5S2.